The normalized spacial score (nSPS) is 17.5. The Bertz CT molecular complexity index is 542. The zero-order valence-corrected chi connectivity index (χ0v) is 11.6. The van der Waals surface area contributed by atoms with Gasteiger partial charge in [-0.15, -0.1) is 0 Å². The molecule has 3 heteroatoms. The summed E-state index contributed by atoms with van der Waals surface area (Å²) in [7, 11) is 0. The Morgan fingerprint density at radius 3 is 2.95 bits per heavy atom. The lowest BCUT2D eigenvalue weighted by Gasteiger charge is -2.25. The van der Waals surface area contributed by atoms with Gasteiger partial charge in [0, 0.05) is 18.8 Å². The molecule has 1 unspecified atom stereocenters. The lowest BCUT2D eigenvalue weighted by molar-refractivity contribution is 0.299. The Labute approximate surface area is 120 Å². The first-order chi connectivity index (χ1) is 9.93. The van der Waals surface area contributed by atoms with Gasteiger partial charge in [0.25, 0.3) is 0 Å². The molecule has 0 fully saturated rings. The van der Waals surface area contributed by atoms with Crippen molar-refractivity contribution >= 4 is 0 Å². The molecule has 0 amide bonds. The number of fused-ring (bicyclic) bond motifs is 1. The molecule has 1 aromatic heterocycles. The maximum absolute atomic E-state index is 5.70. The van der Waals surface area contributed by atoms with Crippen LogP contribution in [0.25, 0.3) is 0 Å². The molecule has 3 nitrogen and oxygen atoms in total. The molecule has 0 aliphatic heterocycles. The van der Waals surface area contributed by atoms with E-state index in [1.54, 1.807) is 0 Å². The van der Waals surface area contributed by atoms with Crippen LogP contribution in [0.1, 0.15) is 30.1 Å². The Morgan fingerprint density at radius 1 is 1.15 bits per heavy atom. The number of nitrogens with one attached hydrogen (secondary N) is 1. The van der Waals surface area contributed by atoms with Crippen LogP contribution in [0.4, 0.5) is 0 Å². The van der Waals surface area contributed by atoms with E-state index in [1.807, 2.05) is 42.6 Å². The SMILES string of the molecule is c1ccc(OCCNC2CCCc3cccnc32)cc1. The van der Waals surface area contributed by atoms with Gasteiger partial charge in [-0.1, -0.05) is 24.3 Å². The van der Waals surface area contributed by atoms with Crippen LogP contribution in [-0.2, 0) is 6.42 Å². The molecule has 0 spiro atoms. The number of benzene rings is 1. The highest BCUT2D eigenvalue weighted by Crippen LogP contribution is 2.27. The van der Waals surface area contributed by atoms with E-state index in [0.29, 0.717) is 12.6 Å². The van der Waals surface area contributed by atoms with Gasteiger partial charge in [0.2, 0.25) is 0 Å². The van der Waals surface area contributed by atoms with Crippen molar-refractivity contribution in [3.05, 3.63) is 59.9 Å². The number of rotatable bonds is 5. The molecular formula is C17H20N2O. The summed E-state index contributed by atoms with van der Waals surface area (Å²) in [6.07, 6.45) is 5.44. The van der Waals surface area contributed by atoms with E-state index in [0.717, 1.165) is 25.1 Å². The van der Waals surface area contributed by atoms with Crippen molar-refractivity contribution in [1.29, 1.82) is 0 Å². The molecule has 0 saturated carbocycles. The van der Waals surface area contributed by atoms with Gasteiger partial charge in [0.05, 0.1) is 5.69 Å². The number of nitrogens with zero attached hydrogens (tertiary/aromatic N) is 1. The molecule has 0 saturated heterocycles. The van der Waals surface area contributed by atoms with Crippen LogP contribution >= 0.6 is 0 Å². The first kappa shape index (κ1) is 13.1. The minimum atomic E-state index is 0.374. The zero-order valence-electron chi connectivity index (χ0n) is 11.6. The number of hydrogen-bond donors (Lipinski definition) is 1. The first-order valence-electron chi connectivity index (χ1n) is 7.28. The summed E-state index contributed by atoms with van der Waals surface area (Å²) in [6, 6.07) is 14.5. The van der Waals surface area contributed by atoms with Crippen LogP contribution in [0, 0.1) is 0 Å². The lowest BCUT2D eigenvalue weighted by Crippen LogP contribution is -2.29. The van der Waals surface area contributed by atoms with Gasteiger partial charge in [-0.2, -0.15) is 0 Å². The molecule has 1 aliphatic carbocycles. The van der Waals surface area contributed by atoms with Crippen molar-refractivity contribution < 1.29 is 4.74 Å². The van der Waals surface area contributed by atoms with Crippen molar-refractivity contribution in [3.8, 4) is 5.75 Å². The predicted molar refractivity (Wildman–Crippen MR) is 79.9 cm³/mol. The smallest absolute Gasteiger partial charge is 0.119 e. The Hall–Kier alpha value is -1.87. The third kappa shape index (κ3) is 3.17. The van der Waals surface area contributed by atoms with Crippen LogP contribution in [0.5, 0.6) is 5.75 Å². The number of ether oxygens (including phenoxy) is 1. The molecule has 1 aliphatic rings. The summed E-state index contributed by atoms with van der Waals surface area (Å²) in [4.78, 5) is 4.53. The van der Waals surface area contributed by atoms with Gasteiger partial charge in [-0.25, -0.2) is 0 Å². The van der Waals surface area contributed by atoms with Crippen LogP contribution in [0.15, 0.2) is 48.7 Å². The molecule has 2 aromatic rings. The van der Waals surface area contributed by atoms with Gasteiger partial charge >= 0.3 is 0 Å². The van der Waals surface area contributed by atoms with Gasteiger partial charge < -0.3 is 10.1 Å². The lowest BCUT2D eigenvalue weighted by atomic mass is 9.92. The fourth-order valence-electron chi connectivity index (χ4n) is 2.73. The minimum absolute atomic E-state index is 0.374. The Morgan fingerprint density at radius 2 is 2.05 bits per heavy atom. The highest BCUT2D eigenvalue weighted by atomic mass is 16.5. The number of pyridine rings is 1. The number of aryl methyl sites for hydroxylation is 1. The van der Waals surface area contributed by atoms with Crippen molar-refractivity contribution in [2.24, 2.45) is 0 Å². The van der Waals surface area contributed by atoms with Crippen LogP contribution in [-0.4, -0.2) is 18.1 Å². The molecule has 1 heterocycles. The molecule has 20 heavy (non-hydrogen) atoms. The van der Waals surface area contributed by atoms with E-state index in [2.05, 4.69) is 16.4 Å². The average Bonchev–Trinajstić information content (AvgIpc) is 2.53. The summed E-state index contributed by atoms with van der Waals surface area (Å²) in [5, 5.41) is 3.56. The predicted octanol–water partition coefficient (Wildman–Crippen LogP) is 3.13. The van der Waals surface area contributed by atoms with Gasteiger partial charge in [-0.3, -0.25) is 4.98 Å². The van der Waals surface area contributed by atoms with Gasteiger partial charge in [-0.05, 0) is 43.0 Å². The van der Waals surface area contributed by atoms with Crippen molar-refractivity contribution in [2.45, 2.75) is 25.3 Å². The van der Waals surface area contributed by atoms with E-state index >= 15 is 0 Å². The topological polar surface area (TPSA) is 34.1 Å². The molecule has 3 rings (SSSR count). The number of aromatic nitrogens is 1. The third-order valence-electron chi connectivity index (χ3n) is 3.70. The molecular weight excluding hydrogens is 248 g/mol. The summed E-state index contributed by atoms with van der Waals surface area (Å²) in [5.74, 6) is 0.927. The van der Waals surface area contributed by atoms with E-state index in [-0.39, 0.29) is 0 Å². The van der Waals surface area contributed by atoms with Crippen LogP contribution < -0.4 is 10.1 Å². The van der Waals surface area contributed by atoms with E-state index < -0.39 is 0 Å². The third-order valence-corrected chi connectivity index (χ3v) is 3.70. The number of para-hydroxylation sites is 1. The van der Waals surface area contributed by atoms with Crippen molar-refractivity contribution in [3.63, 3.8) is 0 Å². The summed E-state index contributed by atoms with van der Waals surface area (Å²) < 4.78 is 5.70. The van der Waals surface area contributed by atoms with Gasteiger partial charge in [0.15, 0.2) is 0 Å². The minimum Gasteiger partial charge on any atom is -0.492 e. The van der Waals surface area contributed by atoms with Crippen LogP contribution in [0.2, 0.25) is 0 Å². The van der Waals surface area contributed by atoms with E-state index in [9.17, 15) is 0 Å². The molecule has 104 valence electrons. The monoisotopic (exact) mass is 268 g/mol. The molecule has 1 N–H and O–H groups in total. The van der Waals surface area contributed by atoms with Crippen LogP contribution in [0.3, 0.4) is 0 Å². The molecule has 1 aromatic carbocycles. The fourth-order valence-corrected chi connectivity index (χ4v) is 2.73. The second-order valence-electron chi connectivity index (χ2n) is 5.11. The second-order valence-corrected chi connectivity index (χ2v) is 5.11. The summed E-state index contributed by atoms with van der Waals surface area (Å²) >= 11 is 0. The molecule has 1 atom stereocenters. The highest BCUT2D eigenvalue weighted by Gasteiger charge is 2.20. The molecule has 0 radical (unpaired) electrons. The first-order valence-corrected chi connectivity index (χ1v) is 7.28. The second kappa shape index (κ2) is 6.53. The van der Waals surface area contributed by atoms with E-state index in [4.69, 9.17) is 4.74 Å². The van der Waals surface area contributed by atoms with Crippen molar-refractivity contribution in [2.75, 3.05) is 13.2 Å². The van der Waals surface area contributed by atoms with Gasteiger partial charge in [0.1, 0.15) is 12.4 Å². The maximum Gasteiger partial charge on any atom is 0.119 e. The molecule has 0 bridgehead atoms. The standard InChI is InChI=1S/C17H20N2O/c1-2-8-15(9-3-1)20-13-12-18-16-10-4-6-14-7-5-11-19-17(14)16/h1-3,5,7-9,11,16,18H,4,6,10,12-13H2. The maximum atomic E-state index is 5.70. The average molecular weight is 268 g/mol. The number of hydrogen-bond acceptors (Lipinski definition) is 3. The summed E-state index contributed by atoms with van der Waals surface area (Å²) in [6.45, 7) is 1.53. The Balaban J connectivity index is 1.50. The highest BCUT2D eigenvalue weighted by molar-refractivity contribution is 5.25. The summed E-state index contributed by atoms with van der Waals surface area (Å²) in [5.41, 5.74) is 2.61. The van der Waals surface area contributed by atoms with E-state index in [1.165, 1.54) is 17.7 Å². The van der Waals surface area contributed by atoms with Crippen molar-refractivity contribution in [1.82, 2.24) is 10.3 Å². The zero-order chi connectivity index (χ0) is 13.6. The largest absolute Gasteiger partial charge is 0.492 e. The Kier molecular flexibility index (Phi) is 4.28. The quantitative estimate of drug-likeness (QED) is 0.846. The fraction of sp³-hybridized carbons (Fsp3) is 0.353.